The molecule has 26 heavy (non-hydrogen) atoms. The monoisotopic (exact) mass is 510 g/mol. The quantitative estimate of drug-likeness (QED) is 0.363. The van der Waals surface area contributed by atoms with Crippen molar-refractivity contribution in [3.8, 4) is 11.5 Å². The van der Waals surface area contributed by atoms with Gasteiger partial charge in [-0.25, -0.2) is 4.99 Å². The van der Waals surface area contributed by atoms with Crippen LogP contribution in [0.2, 0.25) is 10.2 Å². The van der Waals surface area contributed by atoms with Crippen LogP contribution in [-0.2, 0) is 20.1 Å². The van der Waals surface area contributed by atoms with E-state index < -0.39 is 0 Å². The molecule has 2 heterocycles. The molecule has 0 radical (unpaired) electrons. The van der Waals surface area contributed by atoms with Crippen LogP contribution in [0.4, 0.5) is 0 Å². The molecule has 0 amide bonds. The van der Waals surface area contributed by atoms with Crippen LogP contribution in [0.15, 0.2) is 29.3 Å². The van der Waals surface area contributed by atoms with E-state index in [1.165, 1.54) is 0 Å². The molecule has 0 saturated heterocycles. The lowest BCUT2D eigenvalue weighted by Gasteiger charge is -2.12. The Bertz CT molecular complexity index is 795. The fraction of sp³-hybridized carbons (Fsp3) is 0.353. The summed E-state index contributed by atoms with van der Waals surface area (Å²) in [5.74, 6) is 2.25. The van der Waals surface area contributed by atoms with Crippen LogP contribution in [0, 0.1) is 0 Å². The Labute approximate surface area is 179 Å². The standard InChI is InChI=1S/C17H20Cl2N4O2.HI/c1-3-20-17(22-9-12-7-13(18)16(19)23(12)2)21-8-11-4-5-14-15(6-11)25-10-24-14;/h4-7H,3,8-10H2,1-2H3,(H2,20,21,22);1H. The number of guanidine groups is 1. The van der Waals surface area contributed by atoms with Crippen molar-refractivity contribution in [2.75, 3.05) is 13.3 Å². The van der Waals surface area contributed by atoms with Gasteiger partial charge in [0.1, 0.15) is 5.15 Å². The zero-order chi connectivity index (χ0) is 17.8. The minimum absolute atomic E-state index is 0. The van der Waals surface area contributed by atoms with E-state index in [2.05, 4.69) is 15.6 Å². The topological polar surface area (TPSA) is 59.8 Å². The molecule has 9 heteroatoms. The molecule has 0 saturated carbocycles. The highest BCUT2D eigenvalue weighted by Crippen LogP contribution is 2.32. The van der Waals surface area contributed by atoms with Gasteiger partial charge in [-0.15, -0.1) is 24.0 Å². The number of halogens is 3. The van der Waals surface area contributed by atoms with Crippen molar-refractivity contribution >= 4 is 53.1 Å². The zero-order valence-corrected chi connectivity index (χ0v) is 18.4. The van der Waals surface area contributed by atoms with E-state index in [0.29, 0.717) is 29.2 Å². The summed E-state index contributed by atoms with van der Waals surface area (Å²) in [6.07, 6.45) is 0. The largest absolute Gasteiger partial charge is 0.454 e. The Morgan fingerprint density at radius 3 is 2.65 bits per heavy atom. The molecule has 1 aliphatic heterocycles. The van der Waals surface area contributed by atoms with Crippen molar-refractivity contribution in [1.82, 2.24) is 15.2 Å². The van der Waals surface area contributed by atoms with Crippen LogP contribution in [0.1, 0.15) is 18.2 Å². The van der Waals surface area contributed by atoms with Gasteiger partial charge in [0.25, 0.3) is 0 Å². The first-order valence-electron chi connectivity index (χ1n) is 7.98. The molecule has 3 rings (SSSR count). The predicted molar refractivity (Wildman–Crippen MR) is 115 cm³/mol. The maximum absolute atomic E-state index is 6.10. The summed E-state index contributed by atoms with van der Waals surface area (Å²) in [6, 6.07) is 7.68. The van der Waals surface area contributed by atoms with Crippen molar-refractivity contribution in [3.05, 3.63) is 45.7 Å². The summed E-state index contributed by atoms with van der Waals surface area (Å²) in [7, 11) is 1.88. The fourth-order valence-corrected chi connectivity index (χ4v) is 2.90. The minimum Gasteiger partial charge on any atom is -0.454 e. The third kappa shape index (κ3) is 4.89. The molecule has 1 aliphatic rings. The minimum atomic E-state index is 0. The zero-order valence-electron chi connectivity index (χ0n) is 14.5. The molecule has 0 aliphatic carbocycles. The van der Waals surface area contributed by atoms with Crippen LogP contribution in [-0.4, -0.2) is 23.9 Å². The summed E-state index contributed by atoms with van der Waals surface area (Å²) in [5, 5.41) is 7.58. The molecule has 0 unspecified atom stereocenters. The van der Waals surface area contributed by atoms with Gasteiger partial charge in [0.15, 0.2) is 17.5 Å². The number of nitrogens with zero attached hydrogens (tertiary/aromatic N) is 2. The van der Waals surface area contributed by atoms with Gasteiger partial charge < -0.3 is 24.7 Å². The Hall–Kier alpha value is -1.32. The summed E-state index contributed by atoms with van der Waals surface area (Å²) < 4.78 is 12.6. The number of nitrogens with one attached hydrogen (secondary N) is 2. The molecular weight excluding hydrogens is 490 g/mol. The van der Waals surface area contributed by atoms with E-state index in [4.69, 9.17) is 32.7 Å². The van der Waals surface area contributed by atoms with Gasteiger partial charge in [-0.2, -0.15) is 0 Å². The first-order chi connectivity index (χ1) is 12.1. The second-order valence-corrected chi connectivity index (χ2v) is 6.33. The number of hydrogen-bond acceptors (Lipinski definition) is 3. The first-order valence-corrected chi connectivity index (χ1v) is 8.74. The van der Waals surface area contributed by atoms with Crippen molar-refractivity contribution in [3.63, 3.8) is 0 Å². The number of aliphatic imine (C=N–C) groups is 1. The molecule has 1 aromatic heterocycles. The van der Waals surface area contributed by atoms with Crippen molar-refractivity contribution in [2.24, 2.45) is 12.0 Å². The number of fused-ring (bicyclic) bond motifs is 1. The van der Waals surface area contributed by atoms with E-state index in [-0.39, 0.29) is 30.8 Å². The average molecular weight is 511 g/mol. The molecule has 1 aromatic carbocycles. The van der Waals surface area contributed by atoms with Crippen molar-refractivity contribution in [1.29, 1.82) is 0 Å². The Kier molecular flexibility index (Phi) is 7.72. The first kappa shape index (κ1) is 21.0. The molecule has 2 N–H and O–H groups in total. The number of hydrogen-bond donors (Lipinski definition) is 2. The third-order valence-corrected chi connectivity index (χ3v) is 4.70. The molecule has 6 nitrogen and oxygen atoms in total. The number of rotatable bonds is 5. The van der Waals surface area contributed by atoms with E-state index in [1.807, 2.05) is 42.8 Å². The molecule has 2 aromatic rings. The smallest absolute Gasteiger partial charge is 0.231 e. The van der Waals surface area contributed by atoms with Gasteiger partial charge >= 0.3 is 0 Å². The van der Waals surface area contributed by atoms with E-state index >= 15 is 0 Å². The molecule has 0 spiro atoms. The summed E-state index contributed by atoms with van der Waals surface area (Å²) in [6.45, 7) is 4.15. The van der Waals surface area contributed by atoms with Gasteiger partial charge in [-0.3, -0.25) is 0 Å². The summed E-state index contributed by atoms with van der Waals surface area (Å²) >= 11 is 12.1. The highest BCUT2D eigenvalue weighted by atomic mass is 127. The van der Waals surface area contributed by atoms with Gasteiger partial charge in [-0.1, -0.05) is 29.3 Å². The van der Waals surface area contributed by atoms with Crippen LogP contribution in [0.3, 0.4) is 0 Å². The fourth-order valence-electron chi connectivity index (χ4n) is 2.48. The number of aromatic nitrogens is 1. The van der Waals surface area contributed by atoms with Crippen LogP contribution < -0.4 is 20.1 Å². The molecule has 0 fully saturated rings. The summed E-state index contributed by atoms with van der Waals surface area (Å²) in [5.41, 5.74) is 2.02. The molecule has 0 bridgehead atoms. The van der Waals surface area contributed by atoms with Crippen LogP contribution in [0.25, 0.3) is 0 Å². The molecular formula is C17H21Cl2IN4O2. The Balaban J connectivity index is 0.00000243. The highest BCUT2D eigenvalue weighted by molar-refractivity contribution is 14.0. The van der Waals surface area contributed by atoms with Gasteiger partial charge in [0, 0.05) is 19.3 Å². The normalized spacial score (nSPS) is 12.7. The predicted octanol–water partition coefficient (Wildman–Crippen LogP) is 3.93. The van der Waals surface area contributed by atoms with Crippen LogP contribution >= 0.6 is 47.2 Å². The SMILES string of the molecule is CCNC(=NCc1ccc2c(c1)OCO2)NCc1cc(Cl)c(Cl)n1C.I. The maximum atomic E-state index is 6.10. The van der Waals surface area contributed by atoms with Crippen molar-refractivity contribution in [2.45, 2.75) is 20.0 Å². The number of ether oxygens (including phenoxy) is 2. The Morgan fingerprint density at radius 2 is 1.96 bits per heavy atom. The average Bonchev–Trinajstić information content (AvgIpc) is 3.17. The molecule has 0 atom stereocenters. The van der Waals surface area contributed by atoms with Crippen molar-refractivity contribution < 1.29 is 9.47 Å². The second-order valence-electron chi connectivity index (χ2n) is 5.57. The second kappa shape index (κ2) is 9.57. The Morgan fingerprint density at radius 1 is 1.19 bits per heavy atom. The van der Waals surface area contributed by atoms with E-state index in [0.717, 1.165) is 29.3 Å². The summed E-state index contributed by atoms with van der Waals surface area (Å²) in [4.78, 5) is 4.61. The lowest BCUT2D eigenvalue weighted by molar-refractivity contribution is 0.174. The van der Waals surface area contributed by atoms with Crippen LogP contribution in [0.5, 0.6) is 11.5 Å². The maximum Gasteiger partial charge on any atom is 0.231 e. The van der Waals surface area contributed by atoms with Gasteiger partial charge in [0.2, 0.25) is 6.79 Å². The van der Waals surface area contributed by atoms with E-state index in [1.54, 1.807) is 0 Å². The lowest BCUT2D eigenvalue weighted by atomic mass is 10.2. The lowest BCUT2D eigenvalue weighted by Crippen LogP contribution is -2.37. The van der Waals surface area contributed by atoms with Gasteiger partial charge in [-0.05, 0) is 30.7 Å². The van der Waals surface area contributed by atoms with E-state index in [9.17, 15) is 0 Å². The molecule has 142 valence electrons. The highest BCUT2D eigenvalue weighted by Gasteiger charge is 2.13. The number of benzene rings is 1. The van der Waals surface area contributed by atoms with Gasteiger partial charge in [0.05, 0.1) is 18.1 Å². The third-order valence-electron chi connectivity index (χ3n) is 3.85.